The number of hydrogen-bond acceptors (Lipinski definition) is 4. The van der Waals surface area contributed by atoms with Gasteiger partial charge in [0.05, 0.1) is 12.7 Å². The highest BCUT2D eigenvalue weighted by Gasteiger charge is 2.30. The Morgan fingerprint density at radius 1 is 1.18 bits per heavy atom. The lowest BCUT2D eigenvalue weighted by atomic mass is 9.90. The van der Waals surface area contributed by atoms with E-state index >= 15 is 0 Å². The Kier molecular flexibility index (Phi) is 6.10. The molecule has 22 heavy (non-hydrogen) atoms. The lowest BCUT2D eigenvalue weighted by Gasteiger charge is -2.34. The molecule has 3 rings (SSSR count). The second-order valence-electron chi connectivity index (χ2n) is 7.00. The number of nitrogens with zero attached hydrogens (tertiary/aromatic N) is 1. The minimum atomic E-state index is 0.162. The predicted octanol–water partition coefficient (Wildman–Crippen LogP) is 1.42. The van der Waals surface area contributed by atoms with Gasteiger partial charge in [-0.2, -0.15) is 0 Å². The number of nitrogens with one attached hydrogen (secondary N) is 1. The number of carbonyl (C=O) groups is 1. The van der Waals surface area contributed by atoms with Crippen molar-refractivity contribution in [3.05, 3.63) is 0 Å². The molecular formula is C17H30N2O3. The summed E-state index contributed by atoms with van der Waals surface area (Å²) >= 11 is 0. The molecular weight excluding hydrogens is 280 g/mol. The van der Waals surface area contributed by atoms with Crippen LogP contribution >= 0.6 is 0 Å². The first-order valence-electron chi connectivity index (χ1n) is 9.01. The van der Waals surface area contributed by atoms with Gasteiger partial charge in [-0.25, -0.2) is 0 Å². The highest BCUT2D eigenvalue weighted by molar-refractivity contribution is 5.77. The average molecular weight is 310 g/mol. The van der Waals surface area contributed by atoms with E-state index in [1.807, 2.05) is 4.90 Å². The van der Waals surface area contributed by atoms with Gasteiger partial charge in [0.2, 0.25) is 5.91 Å². The van der Waals surface area contributed by atoms with Crippen LogP contribution in [-0.4, -0.2) is 62.9 Å². The van der Waals surface area contributed by atoms with Crippen LogP contribution in [0.3, 0.4) is 0 Å². The fourth-order valence-electron chi connectivity index (χ4n) is 3.97. The quantitative estimate of drug-likeness (QED) is 0.834. The molecule has 2 unspecified atom stereocenters. The van der Waals surface area contributed by atoms with E-state index in [1.54, 1.807) is 0 Å². The summed E-state index contributed by atoms with van der Waals surface area (Å²) in [6, 6.07) is 0. The van der Waals surface area contributed by atoms with Crippen LogP contribution in [0.2, 0.25) is 0 Å². The summed E-state index contributed by atoms with van der Waals surface area (Å²) in [5.41, 5.74) is 0. The Balaban J connectivity index is 1.31. The SMILES string of the molecule is O=C(COCC1CCCNC1)N1CCC(C2CCCO2)CC1. The highest BCUT2D eigenvalue weighted by atomic mass is 16.5. The van der Waals surface area contributed by atoms with Crippen LogP contribution in [-0.2, 0) is 14.3 Å². The molecule has 0 aromatic rings. The molecule has 0 bridgehead atoms. The van der Waals surface area contributed by atoms with Crippen LogP contribution < -0.4 is 5.32 Å². The molecule has 0 saturated carbocycles. The molecule has 3 aliphatic heterocycles. The van der Waals surface area contributed by atoms with Gasteiger partial charge in [0.15, 0.2) is 0 Å². The molecule has 2 atom stereocenters. The molecule has 3 aliphatic rings. The van der Waals surface area contributed by atoms with E-state index in [1.165, 1.54) is 25.7 Å². The molecule has 1 N–H and O–H groups in total. The number of carbonyl (C=O) groups excluding carboxylic acids is 1. The van der Waals surface area contributed by atoms with Crippen molar-refractivity contribution in [1.29, 1.82) is 0 Å². The van der Waals surface area contributed by atoms with Crippen LogP contribution in [0, 0.1) is 11.8 Å². The third-order valence-corrected chi connectivity index (χ3v) is 5.36. The summed E-state index contributed by atoms with van der Waals surface area (Å²) in [4.78, 5) is 14.2. The second-order valence-corrected chi connectivity index (χ2v) is 7.00. The number of likely N-dealkylation sites (tertiary alicyclic amines) is 1. The molecule has 5 heteroatoms. The summed E-state index contributed by atoms with van der Waals surface area (Å²) < 4.78 is 11.4. The zero-order chi connectivity index (χ0) is 15.2. The molecule has 0 aromatic heterocycles. The lowest BCUT2D eigenvalue weighted by Crippen LogP contribution is -2.43. The van der Waals surface area contributed by atoms with Crippen molar-refractivity contribution < 1.29 is 14.3 Å². The minimum absolute atomic E-state index is 0.162. The third kappa shape index (κ3) is 4.43. The highest BCUT2D eigenvalue weighted by Crippen LogP contribution is 2.28. The van der Waals surface area contributed by atoms with E-state index in [2.05, 4.69) is 5.32 Å². The normalized spacial score (nSPS) is 30.6. The van der Waals surface area contributed by atoms with E-state index in [0.717, 1.165) is 45.6 Å². The third-order valence-electron chi connectivity index (χ3n) is 5.36. The van der Waals surface area contributed by atoms with Gasteiger partial charge in [-0.15, -0.1) is 0 Å². The zero-order valence-corrected chi connectivity index (χ0v) is 13.6. The maximum absolute atomic E-state index is 12.2. The number of rotatable bonds is 5. The van der Waals surface area contributed by atoms with Crippen LogP contribution in [0.25, 0.3) is 0 Å². The summed E-state index contributed by atoms with van der Waals surface area (Å²) in [6.45, 7) is 5.78. The molecule has 3 saturated heterocycles. The Bertz CT molecular complexity index is 344. The van der Waals surface area contributed by atoms with E-state index in [0.29, 0.717) is 24.5 Å². The largest absolute Gasteiger partial charge is 0.378 e. The van der Waals surface area contributed by atoms with E-state index in [9.17, 15) is 4.79 Å². The molecule has 0 aliphatic carbocycles. The maximum atomic E-state index is 12.2. The van der Waals surface area contributed by atoms with Crippen LogP contribution in [0.5, 0.6) is 0 Å². The summed E-state index contributed by atoms with van der Waals surface area (Å²) in [6.07, 6.45) is 7.47. The Morgan fingerprint density at radius 2 is 2.05 bits per heavy atom. The molecule has 0 spiro atoms. The average Bonchev–Trinajstić information content (AvgIpc) is 3.10. The van der Waals surface area contributed by atoms with E-state index < -0.39 is 0 Å². The van der Waals surface area contributed by atoms with E-state index in [-0.39, 0.29) is 12.5 Å². The van der Waals surface area contributed by atoms with E-state index in [4.69, 9.17) is 9.47 Å². The molecule has 5 nitrogen and oxygen atoms in total. The van der Waals surface area contributed by atoms with Crippen LogP contribution in [0.1, 0.15) is 38.5 Å². The Labute approximate surface area is 133 Å². The smallest absolute Gasteiger partial charge is 0.248 e. The fraction of sp³-hybridized carbons (Fsp3) is 0.941. The standard InChI is InChI=1S/C17H30N2O3/c20-17(13-21-12-14-3-1-7-18-11-14)19-8-5-15(6-9-19)16-4-2-10-22-16/h14-16,18H,1-13H2. The van der Waals surface area contributed by atoms with Crippen molar-refractivity contribution in [3.63, 3.8) is 0 Å². The molecule has 1 amide bonds. The van der Waals surface area contributed by atoms with Crippen LogP contribution in [0.15, 0.2) is 0 Å². The molecule has 3 heterocycles. The zero-order valence-electron chi connectivity index (χ0n) is 13.6. The van der Waals surface area contributed by atoms with Crippen LogP contribution in [0.4, 0.5) is 0 Å². The number of amides is 1. The second kappa shape index (κ2) is 8.27. The van der Waals surface area contributed by atoms with Crippen molar-refractivity contribution >= 4 is 5.91 Å². The predicted molar refractivity (Wildman–Crippen MR) is 84.7 cm³/mol. The topological polar surface area (TPSA) is 50.8 Å². The van der Waals surface area contributed by atoms with Gasteiger partial charge in [-0.1, -0.05) is 0 Å². The summed E-state index contributed by atoms with van der Waals surface area (Å²) in [5.74, 6) is 1.39. The summed E-state index contributed by atoms with van der Waals surface area (Å²) in [5, 5.41) is 3.38. The Morgan fingerprint density at radius 3 is 2.73 bits per heavy atom. The Hall–Kier alpha value is -0.650. The van der Waals surface area contributed by atoms with Crippen molar-refractivity contribution in [2.24, 2.45) is 11.8 Å². The van der Waals surface area contributed by atoms with Gasteiger partial charge in [0.1, 0.15) is 6.61 Å². The van der Waals surface area contributed by atoms with Crippen molar-refractivity contribution in [2.45, 2.75) is 44.6 Å². The fourth-order valence-corrected chi connectivity index (χ4v) is 3.97. The van der Waals surface area contributed by atoms with Gasteiger partial charge >= 0.3 is 0 Å². The number of hydrogen-bond donors (Lipinski definition) is 1. The van der Waals surface area contributed by atoms with Crippen molar-refractivity contribution in [3.8, 4) is 0 Å². The monoisotopic (exact) mass is 310 g/mol. The summed E-state index contributed by atoms with van der Waals surface area (Å²) in [7, 11) is 0. The van der Waals surface area contributed by atoms with Gasteiger partial charge < -0.3 is 19.7 Å². The van der Waals surface area contributed by atoms with Gasteiger partial charge in [0, 0.05) is 26.2 Å². The minimum Gasteiger partial charge on any atom is -0.378 e. The molecule has 0 aromatic carbocycles. The molecule has 126 valence electrons. The number of ether oxygens (including phenoxy) is 2. The maximum Gasteiger partial charge on any atom is 0.248 e. The first kappa shape index (κ1) is 16.2. The molecule has 3 fully saturated rings. The van der Waals surface area contributed by atoms with Gasteiger partial charge in [-0.05, 0) is 56.9 Å². The molecule has 0 radical (unpaired) electrons. The van der Waals surface area contributed by atoms with Crippen molar-refractivity contribution in [1.82, 2.24) is 10.2 Å². The van der Waals surface area contributed by atoms with Gasteiger partial charge in [0.25, 0.3) is 0 Å². The first-order valence-corrected chi connectivity index (χ1v) is 9.01. The lowest BCUT2D eigenvalue weighted by molar-refractivity contribution is -0.138. The van der Waals surface area contributed by atoms with Crippen molar-refractivity contribution in [2.75, 3.05) is 46.0 Å². The number of piperidine rings is 2. The first-order chi connectivity index (χ1) is 10.8. The van der Waals surface area contributed by atoms with Gasteiger partial charge in [-0.3, -0.25) is 4.79 Å².